The molecule has 2 N–H and O–H groups in total. The molecule has 0 saturated carbocycles. The zero-order valence-corrected chi connectivity index (χ0v) is 11.3. The van der Waals surface area contributed by atoms with Gasteiger partial charge in [-0.1, -0.05) is 26.8 Å². The average molecular weight is 247 g/mol. The fourth-order valence-corrected chi connectivity index (χ4v) is 2.38. The van der Waals surface area contributed by atoms with Crippen LogP contribution in [0.5, 0.6) is 0 Å². The molecule has 1 saturated heterocycles. The molecule has 1 aromatic heterocycles. The molecule has 2 rings (SSSR count). The van der Waals surface area contributed by atoms with Gasteiger partial charge in [-0.05, 0) is 29.9 Å². The maximum Gasteiger partial charge on any atom is 0.272 e. The third-order valence-corrected chi connectivity index (χ3v) is 3.69. The second kappa shape index (κ2) is 4.59. The van der Waals surface area contributed by atoms with Crippen molar-refractivity contribution in [2.24, 2.45) is 11.3 Å². The van der Waals surface area contributed by atoms with Crippen LogP contribution in [0.3, 0.4) is 0 Å². The van der Waals surface area contributed by atoms with Gasteiger partial charge in [0.1, 0.15) is 11.5 Å². The Morgan fingerprint density at radius 3 is 2.72 bits per heavy atom. The Bertz CT molecular complexity index is 451. The van der Waals surface area contributed by atoms with Crippen LogP contribution in [0.4, 0.5) is 5.82 Å². The van der Waals surface area contributed by atoms with E-state index in [0.717, 1.165) is 19.5 Å². The third-order valence-electron chi connectivity index (χ3n) is 3.69. The number of hydrogen-bond donors (Lipinski definition) is 1. The van der Waals surface area contributed by atoms with E-state index in [4.69, 9.17) is 5.73 Å². The number of anilines is 1. The molecule has 0 aliphatic carbocycles. The Morgan fingerprint density at radius 2 is 2.17 bits per heavy atom. The molecule has 1 atom stereocenters. The Kier molecular flexibility index (Phi) is 3.28. The van der Waals surface area contributed by atoms with Gasteiger partial charge in [0.2, 0.25) is 0 Å². The number of nitrogens with two attached hydrogens (primary N) is 1. The van der Waals surface area contributed by atoms with Gasteiger partial charge in [-0.2, -0.15) is 0 Å². The summed E-state index contributed by atoms with van der Waals surface area (Å²) >= 11 is 0. The summed E-state index contributed by atoms with van der Waals surface area (Å²) in [6, 6.07) is 5.19. The maximum absolute atomic E-state index is 12.3. The normalized spacial score (nSPS) is 20.2. The number of nitrogen functional groups attached to an aromatic ring is 1. The summed E-state index contributed by atoms with van der Waals surface area (Å²) < 4.78 is 0. The van der Waals surface area contributed by atoms with E-state index in [-0.39, 0.29) is 11.3 Å². The third kappa shape index (κ3) is 2.63. The molecule has 1 unspecified atom stereocenters. The summed E-state index contributed by atoms with van der Waals surface area (Å²) in [5, 5.41) is 0. The predicted octanol–water partition coefficient (Wildman–Crippen LogP) is 2.17. The summed E-state index contributed by atoms with van der Waals surface area (Å²) in [5.41, 5.74) is 6.31. The van der Waals surface area contributed by atoms with E-state index in [2.05, 4.69) is 25.8 Å². The molecular formula is C14H21N3O. The smallest absolute Gasteiger partial charge is 0.272 e. The van der Waals surface area contributed by atoms with Gasteiger partial charge >= 0.3 is 0 Å². The van der Waals surface area contributed by atoms with Crippen LogP contribution in [0.15, 0.2) is 18.2 Å². The number of rotatable bonds is 1. The molecule has 0 bridgehead atoms. The summed E-state index contributed by atoms with van der Waals surface area (Å²) in [7, 11) is 0. The number of amides is 1. The molecule has 18 heavy (non-hydrogen) atoms. The number of aromatic nitrogens is 1. The number of carbonyl (C=O) groups is 1. The minimum atomic E-state index is -0.00551. The summed E-state index contributed by atoms with van der Waals surface area (Å²) in [4.78, 5) is 18.3. The number of nitrogens with zero attached hydrogens (tertiary/aromatic N) is 2. The Labute approximate surface area is 108 Å². The fraction of sp³-hybridized carbons (Fsp3) is 0.571. The molecule has 2 heterocycles. The fourth-order valence-electron chi connectivity index (χ4n) is 2.38. The van der Waals surface area contributed by atoms with Crippen LogP contribution in [-0.2, 0) is 0 Å². The van der Waals surface area contributed by atoms with E-state index in [1.54, 1.807) is 18.2 Å². The van der Waals surface area contributed by atoms with E-state index in [1.807, 2.05) is 4.90 Å². The average Bonchev–Trinajstić information content (AvgIpc) is 2.77. The number of carbonyl (C=O) groups excluding carboxylic acids is 1. The van der Waals surface area contributed by atoms with Crippen molar-refractivity contribution in [3.8, 4) is 0 Å². The molecule has 0 spiro atoms. The Balaban J connectivity index is 2.08. The highest BCUT2D eigenvalue weighted by Gasteiger charge is 2.34. The molecule has 4 heteroatoms. The van der Waals surface area contributed by atoms with E-state index in [0.29, 0.717) is 17.4 Å². The zero-order chi connectivity index (χ0) is 13.3. The van der Waals surface area contributed by atoms with Crippen LogP contribution < -0.4 is 5.73 Å². The highest BCUT2D eigenvalue weighted by atomic mass is 16.2. The van der Waals surface area contributed by atoms with Crippen LogP contribution in [0, 0.1) is 11.3 Å². The quantitative estimate of drug-likeness (QED) is 0.827. The van der Waals surface area contributed by atoms with Crippen LogP contribution in [-0.4, -0.2) is 28.9 Å². The van der Waals surface area contributed by atoms with Gasteiger partial charge in [0.15, 0.2) is 0 Å². The highest BCUT2D eigenvalue weighted by molar-refractivity contribution is 5.92. The van der Waals surface area contributed by atoms with Crippen LogP contribution in [0.1, 0.15) is 37.7 Å². The van der Waals surface area contributed by atoms with Crippen LogP contribution in [0.2, 0.25) is 0 Å². The van der Waals surface area contributed by atoms with Gasteiger partial charge in [-0.3, -0.25) is 4.79 Å². The maximum atomic E-state index is 12.3. The van der Waals surface area contributed by atoms with E-state index in [1.165, 1.54) is 0 Å². The zero-order valence-electron chi connectivity index (χ0n) is 11.3. The van der Waals surface area contributed by atoms with E-state index < -0.39 is 0 Å². The van der Waals surface area contributed by atoms with E-state index >= 15 is 0 Å². The monoisotopic (exact) mass is 247 g/mol. The lowest BCUT2D eigenvalue weighted by Gasteiger charge is -2.26. The molecule has 1 aliphatic rings. The largest absolute Gasteiger partial charge is 0.384 e. The summed E-state index contributed by atoms with van der Waals surface area (Å²) in [5.74, 6) is 0.948. The topological polar surface area (TPSA) is 59.2 Å². The van der Waals surface area contributed by atoms with Gasteiger partial charge in [0, 0.05) is 13.1 Å². The molecule has 0 radical (unpaired) electrons. The first-order chi connectivity index (χ1) is 8.38. The lowest BCUT2D eigenvalue weighted by atomic mass is 9.80. The van der Waals surface area contributed by atoms with E-state index in [9.17, 15) is 4.79 Å². The predicted molar refractivity (Wildman–Crippen MR) is 72.1 cm³/mol. The van der Waals surface area contributed by atoms with Crippen molar-refractivity contribution in [3.63, 3.8) is 0 Å². The Hall–Kier alpha value is -1.58. The SMILES string of the molecule is CC(C)(C)C1CCN(C(=O)c2cccc(N)n2)C1. The lowest BCUT2D eigenvalue weighted by Crippen LogP contribution is -2.31. The Morgan fingerprint density at radius 1 is 1.44 bits per heavy atom. The molecule has 1 aromatic rings. The summed E-state index contributed by atoms with van der Waals surface area (Å²) in [6.45, 7) is 8.31. The first kappa shape index (κ1) is 12.9. The molecule has 4 nitrogen and oxygen atoms in total. The van der Waals surface area contributed by atoms with Gasteiger partial charge in [0.05, 0.1) is 0 Å². The molecule has 1 amide bonds. The van der Waals surface area contributed by atoms with Crippen molar-refractivity contribution >= 4 is 11.7 Å². The number of pyridine rings is 1. The first-order valence-electron chi connectivity index (χ1n) is 6.40. The summed E-state index contributed by atoms with van der Waals surface area (Å²) in [6.07, 6.45) is 1.07. The molecule has 1 aliphatic heterocycles. The van der Waals surface area contributed by atoms with Crippen LogP contribution >= 0.6 is 0 Å². The van der Waals surface area contributed by atoms with Gasteiger partial charge in [0.25, 0.3) is 5.91 Å². The second-order valence-electron chi connectivity index (χ2n) is 6.05. The van der Waals surface area contributed by atoms with Crippen molar-refractivity contribution in [2.75, 3.05) is 18.8 Å². The van der Waals surface area contributed by atoms with Crippen molar-refractivity contribution in [3.05, 3.63) is 23.9 Å². The van der Waals surface area contributed by atoms with Gasteiger partial charge in [-0.25, -0.2) is 4.98 Å². The van der Waals surface area contributed by atoms with Crippen molar-refractivity contribution < 1.29 is 4.79 Å². The van der Waals surface area contributed by atoms with Crippen molar-refractivity contribution in [1.82, 2.24) is 9.88 Å². The second-order valence-corrected chi connectivity index (χ2v) is 6.05. The molecule has 98 valence electrons. The highest BCUT2D eigenvalue weighted by Crippen LogP contribution is 2.33. The van der Waals surface area contributed by atoms with Gasteiger partial charge < -0.3 is 10.6 Å². The lowest BCUT2D eigenvalue weighted by molar-refractivity contribution is 0.0771. The first-order valence-corrected chi connectivity index (χ1v) is 6.40. The van der Waals surface area contributed by atoms with Crippen molar-refractivity contribution in [1.29, 1.82) is 0 Å². The van der Waals surface area contributed by atoms with Crippen molar-refractivity contribution in [2.45, 2.75) is 27.2 Å². The molecule has 1 fully saturated rings. The minimum absolute atomic E-state index is 0.00551. The minimum Gasteiger partial charge on any atom is -0.384 e. The molecule has 0 aromatic carbocycles. The van der Waals surface area contributed by atoms with Gasteiger partial charge in [-0.15, -0.1) is 0 Å². The number of likely N-dealkylation sites (tertiary alicyclic amines) is 1. The standard InChI is InChI=1S/C14H21N3O/c1-14(2,3)10-7-8-17(9-10)13(18)11-5-4-6-12(15)16-11/h4-6,10H,7-9H2,1-3H3,(H2,15,16). The number of hydrogen-bond acceptors (Lipinski definition) is 3. The van der Waals surface area contributed by atoms with Crippen LogP contribution in [0.25, 0.3) is 0 Å². The molecular weight excluding hydrogens is 226 g/mol.